The first-order valence-electron chi connectivity index (χ1n) is 7.95. The number of nitrogens with one attached hydrogen (secondary N) is 2. The summed E-state index contributed by atoms with van der Waals surface area (Å²) in [5.74, 6) is 1.90. The Morgan fingerprint density at radius 3 is 2.52 bits per heavy atom. The Morgan fingerprint density at radius 1 is 1.04 bits per heavy atom. The Balaban J connectivity index is 1.61. The summed E-state index contributed by atoms with van der Waals surface area (Å²) in [6, 6.07) is 18.8. The number of rotatable bonds is 7. The van der Waals surface area contributed by atoms with Crippen molar-refractivity contribution < 1.29 is 9.84 Å². The van der Waals surface area contributed by atoms with E-state index in [0.29, 0.717) is 18.3 Å². The van der Waals surface area contributed by atoms with Crippen LogP contribution in [0.1, 0.15) is 11.7 Å². The SMILES string of the molecule is COc1ccc(Nc2nccc(NCC(O)c3ccccc3)n2)cc1. The molecule has 1 unspecified atom stereocenters. The average molecular weight is 336 g/mol. The van der Waals surface area contributed by atoms with Gasteiger partial charge in [0.25, 0.3) is 0 Å². The summed E-state index contributed by atoms with van der Waals surface area (Å²) in [6.45, 7) is 0.364. The molecule has 1 aromatic heterocycles. The topological polar surface area (TPSA) is 79.3 Å². The summed E-state index contributed by atoms with van der Waals surface area (Å²) in [7, 11) is 1.63. The normalized spacial score (nSPS) is 11.6. The first-order valence-corrected chi connectivity index (χ1v) is 7.95. The third kappa shape index (κ3) is 4.68. The highest BCUT2D eigenvalue weighted by atomic mass is 16.5. The molecule has 6 nitrogen and oxygen atoms in total. The lowest BCUT2D eigenvalue weighted by molar-refractivity contribution is 0.191. The number of methoxy groups -OCH3 is 1. The van der Waals surface area contributed by atoms with Crippen molar-refractivity contribution in [3.8, 4) is 5.75 Å². The van der Waals surface area contributed by atoms with Crippen molar-refractivity contribution in [1.82, 2.24) is 9.97 Å². The van der Waals surface area contributed by atoms with Gasteiger partial charge in [0.05, 0.1) is 13.2 Å². The minimum Gasteiger partial charge on any atom is -0.497 e. The standard InChI is InChI=1S/C19H20N4O2/c1-25-16-9-7-15(8-10-16)22-19-20-12-11-18(23-19)21-13-17(24)14-5-3-2-4-6-14/h2-12,17,24H,13H2,1H3,(H2,20,21,22,23). The molecular formula is C19H20N4O2. The maximum absolute atomic E-state index is 10.2. The van der Waals surface area contributed by atoms with E-state index >= 15 is 0 Å². The van der Waals surface area contributed by atoms with E-state index in [0.717, 1.165) is 17.0 Å². The lowest BCUT2D eigenvalue weighted by Gasteiger charge is -2.13. The molecule has 6 heteroatoms. The van der Waals surface area contributed by atoms with Crippen molar-refractivity contribution in [3.05, 3.63) is 72.4 Å². The van der Waals surface area contributed by atoms with Crippen LogP contribution < -0.4 is 15.4 Å². The predicted octanol–water partition coefficient (Wildman–Crippen LogP) is 3.37. The van der Waals surface area contributed by atoms with Crippen molar-refractivity contribution in [1.29, 1.82) is 0 Å². The van der Waals surface area contributed by atoms with Gasteiger partial charge in [-0.15, -0.1) is 0 Å². The number of benzene rings is 2. The molecular weight excluding hydrogens is 316 g/mol. The number of aliphatic hydroxyl groups excluding tert-OH is 1. The van der Waals surface area contributed by atoms with E-state index in [1.807, 2.05) is 54.6 Å². The Morgan fingerprint density at radius 2 is 1.80 bits per heavy atom. The van der Waals surface area contributed by atoms with Gasteiger partial charge in [-0.05, 0) is 35.9 Å². The number of hydrogen-bond acceptors (Lipinski definition) is 6. The van der Waals surface area contributed by atoms with Crippen molar-refractivity contribution >= 4 is 17.5 Å². The summed E-state index contributed by atoms with van der Waals surface area (Å²) >= 11 is 0. The Bertz CT molecular complexity index is 794. The fourth-order valence-electron chi connectivity index (χ4n) is 2.32. The summed E-state index contributed by atoms with van der Waals surface area (Å²) < 4.78 is 5.14. The molecule has 0 aliphatic rings. The number of hydrogen-bond donors (Lipinski definition) is 3. The van der Waals surface area contributed by atoms with Crippen molar-refractivity contribution in [2.24, 2.45) is 0 Å². The number of aromatic nitrogens is 2. The van der Waals surface area contributed by atoms with Gasteiger partial charge in [-0.2, -0.15) is 4.98 Å². The van der Waals surface area contributed by atoms with E-state index in [4.69, 9.17) is 4.74 Å². The van der Waals surface area contributed by atoms with E-state index in [1.165, 1.54) is 0 Å². The van der Waals surface area contributed by atoms with Crippen LogP contribution in [-0.4, -0.2) is 28.7 Å². The lowest BCUT2D eigenvalue weighted by Crippen LogP contribution is -2.13. The summed E-state index contributed by atoms with van der Waals surface area (Å²) in [6.07, 6.45) is 1.06. The molecule has 3 N–H and O–H groups in total. The van der Waals surface area contributed by atoms with Crippen LogP contribution in [0.3, 0.4) is 0 Å². The maximum atomic E-state index is 10.2. The maximum Gasteiger partial charge on any atom is 0.229 e. The van der Waals surface area contributed by atoms with Crippen molar-refractivity contribution in [3.63, 3.8) is 0 Å². The highest BCUT2D eigenvalue weighted by Crippen LogP contribution is 2.19. The molecule has 0 saturated heterocycles. The van der Waals surface area contributed by atoms with Crippen LogP contribution in [0.4, 0.5) is 17.5 Å². The molecule has 0 aliphatic heterocycles. The van der Waals surface area contributed by atoms with Crippen LogP contribution in [-0.2, 0) is 0 Å². The molecule has 0 aliphatic carbocycles. The fraction of sp³-hybridized carbons (Fsp3) is 0.158. The molecule has 25 heavy (non-hydrogen) atoms. The average Bonchev–Trinajstić information content (AvgIpc) is 2.68. The van der Waals surface area contributed by atoms with Crippen LogP contribution in [0, 0.1) is 0 Å². The van der Waals surface area contributed by atoms with E-state index in [9.17, 15) is 5.11 Å². The van der Waals surface area contributed by atoms with E-state index in [2.05, 4.69) is 20.6 Å². The Labute approximate surface area is 146 Å². The Hall–Kier alpha value is -3.12. The highest BCUT2D eigenvalue weighted by Gasteiger charge is 2.07. The molecule has 0 bridgehead atoms. The largest absolute Gasteiger partial charge is 0.497 e. The summed E-state index contributed by atoms with van der Waals surface area (Å²) in [4.78, 5) is 8.61. The molecule has 2 aromatic carbocycles. The van der Waals surface area contributed by atoms with E-state index in [-0.39, 0.29) is 0 Å². The second-order valence-electron chi connectivity index (χ2n) is 5.43. The van der Waals surface area contributed by atoms with Crippen LogP contribution >= 0.6 is 0 Å². The number of anilines is 3. The third-order valence-electron chi connectivity index (χ3n) is 3.66. The smallest absolute Gasteiger partial charge is 0.229 e. The highest BCUT2D eigenvalue weighted by molar-refractivity contribution is 5.55. The zero-order chi connectivity index (χ0) is 17.5. The van der Waals surface area contributed by atoms with Crippen LogP contribution in [0.5, 0.6) is 5.75 Å². The zero-order valence-corrected chi connectivity index (χ0v) is 13.9. The molecule has 0 amide bonds. The van der Waals surface area contributed by atoms with Crippen molar-refractivity contribution in [2.45, 2.75) is 6.10 Å². The number of aliphatic hydroxyl groups is 1. The molecule has 1 atom stereocenters. The minimum absolute atomic E-state index is 0.364. The second kappa shape index (κ2) is 8.12. The van der Waals surface area contributed by atoms with Gasteiger partial charge in [0.15, 0.2) is 0 Å². The van der Waals surface area contributed by atoms with Gasteiger partial charge in [0.2, 0.25) is 5.95 Å². The molecule has 0 fully saturated rings. The molecule has 0 radical (unpaired) electrons. The third-order valence-corrected chi connectivity index (χ3v) is 3.66. The quantitative estimate of drug-likeness (QED) is 0.614. The summed E-state index contributed by atoms with van der Waals surface area (Å²) in [5, 5.41) is 16.5. The van der Waals surface area contributed by atoms with Crippen molar-refractivity contribution in [2.75, 3.05) is 24.3 Å². The zero-order valence-electron chi connectivity index (χ0n) is 13.9. The minimum atomic E-state index is -0.603. The van der Waals surface area contributed by atoms with Gasteiger partial charge in [0, 0.05) is 18.4 Å². The predicted molar refractivity (Wildman–Crippen MR) is 98.2 cm³/mol. The van der Waals surface area contributed by atoms with E-state index < -0.39 is 6.10 Å². The van der Waals surface area contributed by atoms with Gasteiger partial charge in [-0.25, -0.2) is 4.98 Å². The molecule has 0 spiro atoms. The molecule has 3 aromatic rings. The fourth-order valence-corrected chi connectivity index (χ4v) is 2.32. The van der Waals surface area contributed by atoms with Gasteiger partial charge in [-0.1, -0.05) is 30.3 Å². The number of nitrogens with zero attached hydrogens (tertiary/aromatic N) is 2. The molecule has 3 rings (SSSR count). The number of ether oxygens (including phenoxy) is 1. The molecule has 0 saturated carbocycles. The first-order chi connectivity index (χ1) is 12.2. The van der Waals surface area contributed by atoms with Crippen LogP contribution in [0.15, 0.2) is 66.9 Å². The summed E-state index contributed by atoms with van der Waals surface area (Å²) in [5.41, 5.74) is 1.72. The van der Waals surface area contributed by atoms with E-state index in [1.54, 1.807) is 19.4 Å². The van der Waals surface area contributed by atoms with Gasteiger partial charge >= 0.3 is 0 Å². The first kappa shape index (κ1) is 16.7. The monoisotopic (exact) mass is 336 g/mol. The van der Waals surface area contributed by atoms with Crippen LogP contribution in [0.2, 0.25) is 0 Å². The van der Waals surface area contributed by atoms with Gasteiger partial charge < -0.3 is 20.5 Å². The lowest BCUT2D eigenvalue weighted by atomic mass is 10.1. The molecule has 1 heterocycles. The van der Waals surface area contributed by atoms with Gasteiger partial charge in [0.1, 0.15) is 11.6 Å². The van der Waals surface area contributed by atoms with Gasteiger partial charge in [-0.3, -0.25) is 0 Å². The Kier molecular flexibility index (Phi) is 5.43. The second-order valence-corrected chi connectivity index (χ2v) is 5.43. The molecule has 128 valence electrons. The van der Waals surface area contributed by atoms with Crippen LogP contribution in [0.25, 0.3) is 0 Å².